The molecular weight excluding hydrogens is 415 g/mol. The summed E-state index contributed by atoms with van der Waals surface area (Å²) in [5.74, 6) is 1.59. The van der Waals surface area contributed by atoms with Crippen LogP contribution in [0.2, 0.25) is 0 Å². The van der Waals surface area contributed by atoms with Gasteiger partial charge in [0.15, 0.2) is 17.3 Å². The minimum absolute atomic E-state index is 0.112. The number of hydrogen-bond donors (Lipinski definition) is 0. The highest BCUT2D eigenvalue weighted by Crippen LogP contribution is 2.36. The van der Waals surface area contributed by atoms with Gasteiger partial charge in [-0.05, 0) is 35.9 Å². The monoisotopic (exact) mass is 431 g/mol. The molecule has 1 unspecified atom stereocenters. The molecule has 0 N–H and O–H groups in total. The van der Waals surface area contributed by atoms with Gasteiger partial charge >= 0.3 is 6.18 Å². The predicted molar refractivity (Wildman–Crippen MR) is 100 cm³/mol. The maximum Gasteiger partial charge on any atom is 0.416 e. The van der Waals surface area contributed by atoms with E-state index in [2.05, 4.69) is 10.1 Å². The zero-order chi connectivity index (χ0) is 21.6. The first-order valence-electron chi connectivity index (χ1n) is 9.54. The van der Waals surface area contributed by atoms with E-state index in [1.165, 1.54) is 12.1 Å². The van der Waals surface area contributed by atoms with E-state index in [0.717, 1.165) is 12.1 Å². The number of carbonyl (C=O) groups is 1. The van der Waals surface area contributed by atoms with E-state index in [9.17, 15) is 18.0 Å². The van der Waals surface area contributed by atoms with Crippen molar-refractivity contribution in [3.8, 4) is 23.0 Å². The molecule has 1 saturated heterocycles. The second-order valence-corrected chi connectivity index (χ2v) is 7.40. The Morgan fingerprint density at radius 3 is 2.61 bits per heavy atom. The van der Waals surface area contributed by atoms with Crippen LogP contribution in [0.4, 0.5) is 13.2 Å². The van der Waals surface area contributed by atoms with Gasteiger partial charge in [0.2, 0.25) is 12.7 Å². The second-order valence-electron chi connectivity index (χ2n) is 7.40. The molecule has 0 saturated carbocycles. The number of amides is 1. The van der Waals surface area contributed by atoms with Gasteiger partial charge in [0.05, 0.1) is 5.56 Å². The van der Waals surface area contributed by atoms with Gasteiger partial charge in [-0.25, -0.2) is 0 Å². The van der Waals surface area contributed by atoms with Crippen molar-refractivity contribution in [2.45, 2.75) is 25.1 Å². The molecule has 1 atom stereocenters. The zero-order valence-electron chi connectivity index (χ0n) is 16.1. The molecule has 160 valence electrons. The fourth-order valence-corrected chi connectivity index (χ4v) is 3.66. The molecule has 5 rings (SSSR count). The summed E-state index contributed by atoms with van der Waals surface area (Å²) in [6.07, 6.45) is -4.18. The summed E-state index contributed by atoms with van der Waals surface area (Å²) in [6.45, 7) is 0.743. The minimum Gasteiger partial charge on any atom is -0.454 e. The van der Waals surface area contributed by atoms with E-state index in [4.69, 9.17) is 14.0 Å². The lowest BCUT2D eigenvalue weighted by molar-refractivity contribution is -0.137. The van der Waals surface area contributed by atoms with Crippen molar-refractivity contribution < 1.29 is 32.0 Å². The number of hydrogen-bond acceptors (Lipinski definition) is 6. The molecule has 0 spiro atoms. The largest absolute Gasteiger partial charge is 0.454 e. The Kier molecular flexibility index (Phi) is 4.57. The van der Waals surface area contributed by atoms with Crippen molar-refractivity contribution in [2.24, 2.45) is 0 Å². The van der Waals surface area contributed by atoms with Gasteiger partial charge in [0, 0.05) is 31.0 Å². The van der Waals surface area contributed by atoms with Crippen LogP contribution in [0.25, 0.3) is 11.5 Å². The molecule has 2 aliphatic rings. The molecule has 1 aromatic heterocycles. The molecule has 7 nitrogen and oxygen atoms in total. The van der Waals surface area contributed by atoms with Crippen LogP contribution < -0.4 is 9.47 Å². The summed E-state index contributed by atoms with van der Waals surface area (Å²) in [4.78, 5) is 18.4. The van der Waals surface area contributed by atoms with Crippen molar-refractivity contribution in [3.05, 3.63) is 59.4 Å². The number of alkyl halides is 3. The van der Waals surface area contributed by atoms with E-state index >= 15 is 0 Å². The number of benzene rings is 2. The van der Waals surface area contributed by atoms with Gasteiger partial charge in [0.1, 0.15) is 0 Å². The molecule has 10 heteroatoms. The third-order valence-electron chi connectivity index (χ3n) is 5.30. The smallest absolute Gasteiger partial charge is 0.416 e. The number of aromatic nitrogens is 2. The molecule has 31 heavy (non-hydrogen) atoms. The lowest BCUT2D eigenvalue weighted by atomic mass is 10.1. The van der Waals surface area contributed by atoms with Crippen LogP contribution in [0, 0.1) is 0 Å². The van der Waals surface area contributed by atoms with Crippen LogP contribution in [-0.4, -0.2) is 34.3 Å². The normalized spacial score (nSPS) is 18.1. The van der Waals surface area contributed by atoms with Gasteiger partial charge in [0.25, 0.3) is 5.89 Å². The average Bonchev–Trinajstić information content (AvgIpc) is 3.47. The van der Waals surface area contributed by atoms with Crippen LogP contribution in [0.1, 0.15) is 29.3 Å². The van der Waals surface area contributed by atoms with Crippen LogP contribution >= 0.6 is 0 Å². The molecule has 1 amide bonds. The van der Waals surface area contributed by atoms with E-state index in [1.54, 1.807) is 23.1 Å². The second kappa shape index (κ2) is 7.29. The number of carbonyl (C=O) groups excluding carboxylic acids is 1. The van der Waals surface area contributed by atoms with Crippen molar-refractivity contribution in [2.75, 3.05) is 13.3 Å². The molecule has 2 aliphatic heterocycles. The number of likely N-dealkylation sites (tertiary alicyclic amines) is 1. The average molecular weight is 431 g/mol. The first kappa shape index (κ1) is 19.4. The van der Waals surface area contributed by atoms with Crippen molar-refractivity contribution in [1.82, 2.24) is 15.0 Å². The Morgan fingerprint density at radius 1 is 1.06 bits per heavy atom. The van der Waals surface area contributed by atoms with E-state index in [0.29, 0.717) is 40.9 Å². The van der Waals surface area contributed by atoms with E-state index in [1.807, 2.05) is 0 Å². The summed E-state index contributed by atoms with van der Waals surface area (Å²) in [6, 6.07) is 10.1. The fourth-order valence-electron chi connectivity index (χ4n) is 3.66. The zero-order valence-corrected chi connectivity index (χ0v) is 16.1. The molecule has 3 aromatic rings. The first-order chi connectivity index (χ1) is 14.9. The van der Waals surface area contributed by atoms with Crippen LogP contribution in [-0.2, 0) is 17.5 Å². The standard InChI is InChI=1S/C21H16F3N3O4/c22-21(23,24)15-4-1-12(2-5-15)9-27-10-14(8-18(27)28)19-25-20(31-26-19)13-3-6-16-17(7-13)30-11-29-16/h1-7,14H,8-11H2. The Balaban J connectivity index is 1.27. The van der Waals surface area contributed by atoms with Crippen LogP contribution in [0.3, 0.4) is 0 Å². The Hall–Kier alpha value is -3.56. The van der Waals surface area contributed by atoms with Crippen molar-refractivity contribution in [3.63, 3.8) is 0 Å². The van der Waals surface area contributed by atoms with E-state index in [-0.39, 0.29) is 31.6 Å². The van der Waals surface area contributed by atoms with Crippen LogP contribution in [0.15, 0.2) is 47.0 Å². The van der Waals surface area contributed by atoms with Crippen molar-refractivity contribution in [1.29, 1.82) is 0 Å². The molecule has 2 aromatic carbocycles. The maximum absolute atomic E-state index is 12.7. The minimum atomic E-state index is -4.39. The van der Waals surface area contributed by atoms with Gasteiger partial charge in [-0.2, -0.15) is 18.2 Å². The molecular formula is C21H16F3N3O4. The Bertz CT molecular complexity index is 1130. The molecule has 3 heterocycles. The maximum atomic E-state index is 12.7. The number of ether oxygens (including phenoxy) is 2. The third-order valence-corrected chi connectivity index (χ3v) is 5.30. The molecule has 0 aliphatic carbocycles. The van der Waals surface area contributed by atoms with Gasteiger partial charge in [-0.3, -0.25) is 4.79 Å². The van der Waals surface area contributed by atoms with Gasteiger partial charge < -0.3 is 18.9 Å². The predicted octanol–water partition coefficient (Wildman–Crippen LogP) is 4.00. The Morgan fingerprint density at radius 2 is 1.84 bits per heavy atom. The topological polar surface area (TPSA) is 77.7 Å². The Labute approximate surface area is 174 Å². The highest BCUT2D eigenvalue weighted by Gasteiger charge is 2.34. The number of rotatable bonds is 4. The first-order valence-corrected chi connectivity index (χ1v) is 9.54. The molecule has 1 fully saturated rings. The van der Waals surface area contributed by atoms with Crippen LogP contribution in [0.5, 0.6) is 11.5 Å². The summed E-state index contributed by atoms with van der Waals surface area (Å²) in [5.41, 5.74) is 0.579. The number of fused-ring (bicyclic) bond motifs is 1. The summed E-state index contributed by atoms with van der Waals surface area (Å²) in [5, 5.41) is 4.02. The molecule has 0 bridgehead atoms. The van der Waals surface area contributed by atoms with E-state index < -0.39 is 11.7 Å². The third kappa shape index (κ3) is 3.80. The SMILES string of the molecule is O=C1CC(c2noc(-c3ccc4c(c3)OCO4)n2)CN1Cc1ccc(C(F)(F)F)cc1. The summed E-state index contributed by atoms with van der Waals surface area (Å²) in [7, 11) is 0. The number of halogens is 3. The lowest BCUT2D eigenvalue weighted by Gasteiger charge is -2.16. The van der Waals surface area contributed by atoms with Crippen molar-refractivity contribution >= 4 is 5.91 Å². The number of nitrogens with zero attached hydrogens (tertiary/aromatic N) is 3. The quantitative estimate of drug-likeness (QED) is 0.622. The van der Waals surface area contributed by atoms with Gasteiger partial charge in [-0.1, -0.05) is 17.3 Å². The highest BCUT2D eigenvalue weighted by atomic mass is 19.4. The summed E-state index contributed by atoms with van der Waals surface area (Å²) < 4.78 is 54.1. The molecule has 0 radical (unpaired) electrons. The summed E-state index contributed by atoms with van der Waals surface area (Å²) >= 11 is 0. The van der Waals surface area contributed by atoms with Gasteiger partial charge in [-0.15, -0.1) is 0 Å². The lowest BCUT2D eigenvalue weighted by Crippen LogP contribution is -2.24. The fraction of sp³-hybridized carbons (Fsp3) is 0.286. The highest BCUT2D eigenvalue weighted by molar-refractivity contribution is 5.79.